The van der Waals surface area contributed by atoms with Crippen LogP contribution in [0.1, 0.15) is 36.8 Å². The monoisotopic (exact) mass is 379 g/mol. The van der Waals surface area contributed by atoms with Crippen LogP contribution >= 0.6 is 0 Å². The molecule has 0 amide bonds. The molecule has 2 rings (SSSR count). The first-order chi connectivity index (χ1) is 12.3. The van der Waals surface area contributed by atoms with E-state index in [1.165, 1.54) is 19.2 Å². The fraction of sp³-hybridized carbons (Fsp3) is 0.333. The van der Waals surface area contributed by atoms with Crippen molar-refractivity contribution in [2.45, 2.75) is 25.5 Å². The number of hydrogen-bond donors (Lipinski definition) is 2. The van der Waals surface area contributed by atoms with Gasteiger partial charge in [0.25, 0.3) is 0 Å². The van der Waals surface area contributed by atoms with Crippen molar-refractivity contribution in [1.82, 2.24) is 14.7 Å². The standard InChI is InChI=1S/C18H22FN3O3S/c1-12(2)17-15(5-4-10-23)18(13-6-8-14(19)9-7-13)22-16(21-17)11-26(24,25)20-3/h4-9,12,20,23H,10-11H2,1-3H3. The van der Waals surface area contributed by atoms with Crippen molar-refractivity contribution in [3.8, 4) is 11.3 Å². The predicted octanol–water partition coefficient (Wildman–Crippen LogP) is 2.46. The van der Waals surface area contributed by atoms with Crippen LogP contribution in [0.2, 0.25) is 0 Å². The van der Waals surface area contributed by atoms with E-state index in [0.29, 0.717) is 22.5 Å². The summed E-state index contributed by atoms with van der Waals surface area (Å²) in [6, 6.07) is 5.79. The van der Waals surface area contributed by atoms with Gasteiger partial charge in [-0.15, -0.1) is 0 Å². The summed E-state index contributed by atoms with van der Waals surface area (Å²) in [5.74, 6) is -0.589. The Bertz CT molecular complexity index is 895. The summed E-state index contributed by atoms with van der Waals surface area (Å²) in [4.78, 5) is 8.84. The topological polar surface area (TPSA) is 92.2 Å². The molecule has 2 N–H and O–H groups in total. The smallest absolute Gasteiger partial charge is 0.218 e. The second-order valence-electron chi connectivity index (χ2n) is 6.00. The lowest BCUT2D eigenvalue weighted by Crippen LogP contribution is -2.22. The van der Waals surface area contributed by atoms with Gasteiger partial charge in [-0.05, 0) is 37.2 Å². The largest absolute Gasteiger partial charge is 0.392 e. The molecular formula is C18H22FN3O3S. The molecule has 1 aromatic heterocycles. The third kappa shape index (κ3) is 4.94. The normalized spacial score (nSPS) is 12.2. The van der Waals surface area contributed by atoms with Gasteiger partial charge in [0.05, 0.1) is 18.0 Å². The molecule has 0 atom stereocenters. The number of nitrogens with one attached hydrogen (secondary N) is 1. The molecule has 1 heterocycles. The SMILES string of the molecule is CNS(=O)(=O)Cc1nc(-c2ccc(F)cc2)c(C=CCO)c(C(C)C)n1. The van der Waals surface area contributed by atoms with Crippen molar-refractivity contribution in [3.05, 3.63) is 53.2 Å². The van der Waals surface area contributed by atoms with Gasteiger partial charge in [-0.2, -0.15) is 0 Å². The molecule has 26 heavy (non-hydrogen) atoms. The number of rotatable bonds is 7. The van der Waals surface area contributed by atoms with Crippen molar-refractivity contribution in [2.75, 3.05) is 13.7 Å². The number of aromatic nitrogens is 2. The third-order valence-electron chi connectivity index (χ3n) is 3.71. The van der Waals surface area contributed by atoms with Crippen molar-refractivity contribution >= 4 is 16.1 Å². The van der Waals surface area contributed by atoms with E-state index < -0.39 is 10.0 Å². The van der Waals surface area contributed by atoms with Crippen LogP contribution in [0, 0.1) is 5.82 Å². The van der Waals surface area contributed by atoms with Gasteiger partial charge in [0.2, 0.25) is 10.0 Å². The molecule has 0 aliphatic rings. The molecule has 0 spiro atoms. The first-order valence-electron chi connectivity index (χ1n) is 8.12. The molecule has 0 saturated heterocycles. The minimum atomic E-state index is -3.54. The van der Waals surface area contributed by atoms with E-state index in [-0.39, 0.29) is 29.9 Å². The van der Waals surface area contributed by atoms with Gasteiger partial charge in [-0.1, -0.05) is 26.0 Å². The maximum absolute atomic E-state index is 13.3. The number of nitrogens with zero attached hydrogens (tertiary/aromatic N) is 2. The number of sulfonamides is 1. The molecule has 0 radical (unpaired) electrons. The Morgan fingerprint density at radius 3 is 2.42 bits per heavy atom. The molecule has 0 aliphatic heterocycles. The quantitative estimate of drug-likeness (QED) is 0.771. The van der Waals surface area contributed by atoms with Gasteiger partial charge < -0.3 is 5.11 Å². The second-order valence-corrected chi connectivity index (χ2v) is 7.92. The van der Waals surface area contributed by atoms with E-state index in [2.05, 4.69) is 14.7 Å². The van der Waals surface area contributed by atoms with Gasteiger partial charge in [-0.25, -0.2) is 27.5 Å². The Balaban J connectivity index is 2.72. The molecule has 0 bridgehead atoms. The van der Waals surface area contributed by atoms with E-state index in [9.17, 15) is 12.8 Å². The summed E-state index contributed by atoms with van der Waals surface area (Å²) >= 11 is 0. The molecule has 0 aliphatic carbocycles. The number of aliphatic hydroxyl groups excluding tert-OH is 1. The van der Waals surface area contributed by atoms with Crippen LogP contribution in [0.25, 0.3) is 17.3 Å². The average Bonchev–Trinajstić information content (AvgIpc) is 2.60. The summed E-state index contributed by atoms with van der Waals surface area (Å²) in [6.45, 7) is 3.71. The minimum absolute atomic E-state index is 0.00780. The summed E-state index contributed by atoms with van der Waals surface area (Å²) < 4.78 is 39.4. The lowest BCUT2D eigenvalue weighted by Gasteiger charge is -2.16. The molecule has 0 fully saturated rings. The Morgan fingerprint density at radius 1 is 1.23 bits per heavy atom. The van der Waals surface area contributed by atoms with E-state index >= 15 is 0 Å². The lowest BCUT2D eigenvalue weighted by molar-refractivity contribution is 0.343. The molecule has 0 unspecified atom stereocenters. The van der Waals surface area contributed by atoms with Crippen molar-refractivity contribution in [3.63, 3.8) is 0 Å². The maximum Gasteiger partial charge on any atom is 0.218 e. The molecule has 1 aromatic carbocycles. The zero-order valence-corrected chi connectivity index (χ0v) is 15.7. The van der Waals surface area contributed by atoms with Crippen molar-refractivity contribution in [2.24, 2.45) is 0 Å². The van der Waals surface area contributed by atoms with Crippen LogP contribution in [-0.4, -0.2) is 37.1 Å². The van der Waals surface area contributed by atoms with E-state index in [0.717, 1.165) is 0 Å². The molecule has 6 nitrogen and oxygen atoms in total. The fourth-order valence-corrected chi connectivity index (χ4v) is 3.06. The van der Waals surface area contributed by atoms with Crippen LogP contribution in [0.3, 0.4) is 0 Å². The van der Waals surface area contributed by atoms with Crippen molar-refractivity contribution < 1.29 is 17.9 Å². The fourth-order valence-electron chi connectivity index (χ4n) is 2.44. The Labute approximate surface area is 152 Å². The molecule has 8 heteroatoms. The van der Waals surface area contributed by atoms with E-state index in [1.54, 1.807) is 24.3 Å². The Morgan fingerprint density at radius 2 is 1.88 bits per heavy atom. The second kappa shape index (κ2) is 8.48. The maximum atomic E-state index is 13.3. The number of halogens is 1. The average molecular weight is 379 g/mol. The summed E-state index contributed by atoms with van der Waals surface area (Å²) in [5.41, 5.74) is 2.46. The van der Waals surface area contributed by atoms with Gasteiger partial charge >= 0.3 is 0 Å². The Hall–Kier alpha value is -2.16. The first-order valence-corrected chi connectivity index (χ1v) is 9.78. The Kier molecular flexibility index (Phi) is 6.57. The zero-order chi connectivity index (χ0) is 19.3. The molecular weight excluding hydrogens is 357 g/mol. The van der Waals surface area contributed by atoms with E-state index in [1.807, 2.05) is 13.8 Å². The van der Waals surface area contributed by atoms with Crippen LogP contribution in [0.4, 0.5) is 4.39 Å². The highest BCUT2D eigenvalue weighted by Gasteiger charge is 2.19. The molecule has 0 saturated carbocycles. The lowest BCUT2D eigenvalue weighted by atomic mass is 9.98. The number of aliphatic hydroxyl groups is 1. The zero-order valence-electron chi connectivity index (χ0n) is 14.9. The van der Waals surface area contributed by atoms with Crippen molar-refractivity contribution in [1.29, 1.82) is 0 Å². The summed E-state index contributed by atoms with van der Waals surface area (Å²) in [5, 5.41) is 9.13. The summed E-state index contributed by atoms with van der Waals surface area (Å²) in [6.07, 6.45) is 3.26. The number of benzene rings is 1. The first kappa shape index (κ1) is 20.2. The minimum Gasteiger partial charge on any atom is -0.392 e. The van der Waals surface area contributed by atoms with E-state index in [4.69, 9.17) is 5.11 Å². The van der Waals surface area contributed by atoms with Gasteiger partial charge in [-0.3, -0.25) is 0 Å². The highest BCUT2D eigenvalue weighted by Crippen LogP contribution is 2.29. The van der Waals surface area contributed by atoms with Crippen LogP contribution < -0.4 is 4.72 Å². The highest BCUT2D eigenvalue weighted by atomic mass is 32.2. The van der Waals surface area contributed by atoms with Gasteiger partial charge in [0.1, 0.15) is 17.4 Å². The summed E-state index contributed by atoms with van der Waals surface area (Å²) in [7, 11) is -2.21. The van der Waals surface area contributed by atoms with Crippen LogP contribution in [0.15, 0.2) is 30.3 Å². The number of hydrogen-bond acceptors (Lipinski definition) is 5. The third-order valence-corrected chi connectivity index (χ3v) is 4.97. The molecule has 2 aromatic rings. The highest BCUT2D eigenvalue weighted by molar-refractivity contribution is 7.88. The van der Waals surface area contributed by atoms with Crippen LogP contribution in [-0.2, 0) is 15.8 Å². The van der Waals surface area contributed by atoms with Gasteiger partial charge in [0, 0.05) is 11.1 Å². The van der Waals surface area contributed by atoms with Crippen LogP contribution in [0.5, 0.6) is 0 Å². The molecule has 140 valence electrons. The predicted molar refractivity (Wildman–Crippen MR) is 99.3 cm³/mol. The van der Waals surface area contributed by atoms with Gasteiger partial charge in [0.15, 0.2) is 0 Å².